The fourth-order valence-electron chi connectivity index (χ4n) is 3.43. The lowest BCUT2D eigenvalue weighted by Crippen LogP contribution is -2.46. The summed E-state index contributed by atoms with van der Waals surface area (Å²) in [5.74, 6) is -1.85. The highest BCUT2D eigenvalue weighted by Crippen LogP contribution is 2.08. The van der Waals surface area contributed by atoms with Crippen LogP contribution in [0.1, 0.15) is 27.2 Å². The molecule has 7 nitrogen and oxygen atoms in total. The van der Waals surface area contributed by atoms with E-state index in [2.05, 4.69) is 10.4 Å². The first kappa shape index (κ1) is 22.8. The van der Waals surface area contributed by atoms with Crippen LogP contribution in [0, 0.1) is 18.6 Å². The first-order valence-corrected chi connectivity index (χ1v) is 10.4. The van der Waals surface area contributed by atoms with Crippen molar-refractivity contribution >= 4 is 5.91 Å². The zero-order valence-corrected chi connectivity index (χ0v) is 18.2. The number of halogens is 2. The molecule has 0 unspecified atom stereocenters. The predicted octanol–water partition coefficient (Wildman–Crippen LogP) is 2.96. The molecule has 0 fully saturated rings. The van der Waals surface area contributed by atoms with Crippen molar-refractivity contribution in [3.8, 4) is 5.69 Å². The van der Waals surface area contributed by atoms with E-state index in [4.69, 9.17) is 0 Å². The second kappa shape index (κ2) is 9.62. The van der Waals surface area contributed by atoms with Crippen LogP contribution in [0.25, 0.3) is 5.69 Å². The lowest BCUT2D eigenvalue weighted by Gasteiger charge is -2.13. The number of aromatic nitrogens is 3. The zero-order chi connectivity index (χ0) is 24.2. The molecule has 0 spiro atoms. The molecule has 0 radical (unpaired) electrons. The highest BCUT2D eigenvalue weighted by atomic mass is 19.1. The summed E-state index contributed by atoms with van der Waals surface area (Å²) >= 11 is 0. The van der Waals surface area contributed by atoms with Gasteiger partial charge in [-0.3, -0.25) is 14.2 Å². The van der Waals surface area contributed by atoms with E-state index in [1.807, 2.05) is 19.1 Å². The molecule has 1 N–H and O–H groups in total. The fraction of sp³-hybridized carbons (Fsp3) is 0.120. The predicted molar refractivity (Wildman–Crippen MR) is 122 cm³/mol. The van der Waals surface area contributed by atoms with Gasteiger partial charge in [-0.2, -0.15) is 9.78 Å². The minimum atomic E-state index is -0.879. The van der Waals surface area contributed by atoms with Crippen molar-refractivity contribution < 1.29 is 13.6 Å². The van der Waals surface area contributed by atoms with Crippen molar-refractivity contribution in [1.29, 1.82) is 0 Å². The number of carbonyl (C=O) groups is 1. The summed E-state index contributed by atoms with van der Waals surface area (Å²) in [5, 5.41) is 6.52. The minimum Gasteiger partial charge on any atom is -0.346 e. The molecule has 0 aliphatic carbocycles. The van der Waals surface area contributed by atoms with Crippen molar-refractivity contribution in [3.05, 3.63) is 128 Å². The maximum absolute atomic E-state index is 13.8. The average Bonchev–Trinajstić information content (AvgIpc) is 2.81. The largest absolute Gasteiger partial charge is 0.352 e. The summed E-state index contributed by atoms with van der Waals surface area (Å²) in [7, 11) is 0. The number of aryl methyl sites for hydroxylation is 1. The van der Waals surface area contributed by atoms with Crippen LogP contribution in [0.2, 0.25) is 0 Å². The quantitative estimate of drug-likeness (QED) is 0.478. The van der Waals surface area contributed by atoms with E-state index in [1.165, 1.54) is 42.5 Å². The van der Waals surface area contributed by atoms with Crippen LogP contribution < -0.4 is 16.6 Å². The number of benzene rings is 3. The molecular formula is C25H20F2N4O3. The molecule has 172 valence electrons. The van der Waals surface area contributed by atoms with E-state index in [0.29, 0.717) is 11.1 Å². The third kappa shape index (κ3) is 4.98. The first-order valence-electron chi connectivity index (χ1n) is 10.4. The van der Waals surface area contributed by atoms with Gasteiger partial charge in [0.25, 0.3) is 11.5 Å². The smallest absolute Gasteiger partial charge is 0.346 e. The lowest BCUT2D eigenvalue weighted by molar-refractivity contribution is 0.0941. The van der Waals surface area contributed by atoms with E-state index in [-0.39, 0.29) is 18.8 Å². The number of hydrogen-bond donors (Lipinski definition) is 1. The number of rotatable bonds is 6. The van der Waals surface area contributed by atoms with Crippen LogP contribution in [0.3, 0.4) is 0 Å². The topological polar surface area (TPSA) is 86.0 Å². The highest BCUT2D eigenvalue weighted by Gasteiger charge is 2.20. The Kier molecular flexibility index (Phi) is 6.44. The van der Waals surface area contributed by atoms with Crippen molar-refractivity contribution in [1.82, 2.24) is 19.7 Å². The SMILES string of the molecule is Cc1cccc(Cn2c(=O)c(C(=O)NCc3ccc(F)cc3)nn(-c3cccc(F)c3)c2=O)c1. The van der Waals surface area contributed by atoms with Gasteiger partial charge in [0, 0.05) is 6.54 Å². The van der Waals surface area contributed by atoms with E-state index in [9.17, 15) is 23.2 Å². The minimum absolute atomic E-state index is 0.0111. The van der Waals surface area contributed by atoms with Crippen LogP contribution in [0.5, 0.6) is 0 Å². The molecule has 4 rings (SSSR count). The average molecular weight is 462 g/mol. The van der Waals surface area contributed by atoms with Crippen molar-refractivity contribution in [2.75, 3.05) is 0 Å². The van der Waals surface area contributed by atoms with Gasteiger partial charge in [0.2, 0.25) is 5.69 Å². The summed E-state index contributed by atoms with van der Waals surface area (Å²) in [6.45, 7) is 1.78. The van der Waals surface area contributed by atoms with Gasteiger partial charge in [0.1, 0.15) is 11.6 Å². The van der Waals surface area contributed by atoms with Gasteiger partial charge >= 0.3 is 5.69 Å². The standard InChI is InChI=1S/C25H20F2N4O3/c1-16-4-2-5-18(12-16)15-30-24(33)22(23(32)28-14-17-8-10-19(26)11-9-17)29-31(25(30)34)21-7-3-6-20(27)13-21/h2-13H,14-15H2,1H3,(H,28,32). The van der Waals surface area contributed by atoms with Crippen LogP contribution in [0.4, 0.5) is 8.78 Å². The monoisotopic (exact) mass is 462 g/mol. The lowest BCUT2D eigenvalue weighted by atomic mass is 10.1. The summed E-state index contributed by atoms with van der Waals surface area (Å²) in [6.07, 6.45) is 0. The number of amides is 1. The number of hydrogen-bond acceptors (Lipinski definition) is 4. The number of nitrogens with one attached hydrogen (secondary N) is 1. The molecule has 0 saturated heterocycles. The maximum Gasteiger partial charge on any atom is 0.352 e. The summed E-state index contributed by atoms with van der Waals surface area (Å²) in [4.78, 5) is 39.2. The number of carbonyl (C=O) groups excluding carboxylic acids is 1. The van der Waals surface area contributed by atoms with E-state index < -0.39 is 34.5 Å². The van der Waals surface area contributed by atoms with Crippen molar-refractivity contribution in [2.24, 2.45) is 0 Å². The number of nitrogens with zero attached hydrogens (tertiary/aromatic N) is 3. The molecule has 4 aromatic rings. The van der Waals surface area contributed by atoms with Crippen LogP contribution in [-0.2, 0) is 13.1 Å². The molecule has 9 heteroatoms. The van der Waals surface area contributed by atoms with Crippen molar-refractivity contribution in [2.45, 2.75) is 20.0 Å². The third-order valence-corrected chi connectivity index (χ3v) is 5.12. The summed E-state index contributed by atoms with van der Waals surface area (Å²) < 4.78 is 28.7. The molecule has 0 bridgehead atoms. The Labute approximate surface area is 192 Å². The summed E-state index contributed by atoms with van der Waals surface area (Å²) in [5.41, 5.74) is 0.0571. The zero-order valence-electron chi connectivity index (χ0n) is 18.2. The summed E-state index contributed by atoms with van der Waals surface area (Å²) in [6, 6.07) is 17.8. The fourth-order valence-corrected chi connectivity index (χ4v) is 3.43. The molecule has 3 aromatic carbocycles. The maximum atomic E-state index is 13.8. The van der Waals surface area contributed by atoms with Gasteiger partial charge in [-0.15, -0.1) is 0 Å². The molecule has 34 heavy (non-hydrogen) atoms. The van der Waals surface area contributed by atoms with E-state index >= 15 is 0 Å². The van der Waals surface area contributed by atoms with Gasteiger partial charge in [-0.25, -0.2) is 13.6 Å². The van der Waals surface area contributed by atoms with E-state index in [1.54, 1.807) is 12.1 Å². The van der Waals surface area contributed by atoms with Gasteiger partial charge in [-0.05, 0) is 48.4 Å². The van der Waals surface area contributed by atoms with E-state index in [0.717, 1.165) is 20.9 Å². The second-order valence-corrected chi connectivity index (χ2v) is 7.71. The van der Waals surface area contributed by atoms with Crippen molar-refractivity contribution in [3.63, 3.8) is 0 Å². The van der Waals surface area contributed by atoms with Crippen LogP contribution in [-0.4, -0.2) is 20.3 Å². The molecule has 1 amide bonds. The van der Waals surface area contributed by atoms with Gasteiger partial charge in [0.15, 0.2) is 0 Å². The van der Waals surface area contributed by atoms with Gasteiger partial charge in [0.05, 0.1) is 12.2 Å². The first-order chi connectivity index (χ1) is 16.3. The Bertz CT molecular complexity index is 1480. The molecule has 0 aliphatic rings. The third-order valence-electron chi connectivity index (χ3n) is 5.12. The van der Waals surface area contributed by atoms with Gasteiger partial charge < -0.3 is 5.32 Å². The normalized spacial score (nSPS) is 10.8. The highest BCUT2D eigenvalue weighted by molar-refractivity contribution is 5.91. The molecule has 0 atom stereocenters. The molecule has 0 aliphatic heterocycles. The Morgan fingerprint density at radius 3 is 2.35 bits per heavy atom. The molecule has 1 heterocycles. The second-order valence-electron chi connectivity index (χ2n) is 7.71. The Morgan fingerprint density at radius 2 is 1.65 bits per heavy atom. The Hall–Kier alpha value is -4.40. The van der Waals surface area contributed by atoms with Gasteiger partial charge in [-0.1, -0.05) is 48.0 Å². The molecule has 1 aromatic heterocycles. The van der Waals surface area contributed by atoms with Crippen LogP contribution in [0.15, 0.2) is 82.4 Å². The molecular weight excluding hydrogens is 442 g/mol. The Morgan fingerprint density at radius 1 is 0.912 bits per heavy atom. The molecule has 0 saturated carbocycles. The van der Waals surface area contributed by atoms with Crippen LogP contribution >= 0.6 is 0 Å². The Balaban J connectivity index is 1.77.